The van der Waals surface area contributed by atoms with Gasteiger partial charge in [-0.15, -0.1) is 0 Å². The number of hydrogen-bond acceptors (Lipinski definition) is 0. The van der Waals surface area contributed by atoms with Gasteiger partial charge in [0.25, 0.3) is 0 Å². The molecule has 1 heteroatoms. The summed E-state index contributed by atoms with van der Waals surface area (Å²) in [7, 11) is 0. The van der Waals surface area contributed by atoms with Crippen LogP contribution in [0.25, 0.3) is 12.2 Å². The van der Waals surface area contributed by atoms with E-state index in [1.165, 1.54) is 85.1 Å². The smallest absolute Gasteiger partial charge is 0.0481 e. The maximum absolute atomic E-state index is 6.63. The third kappa shape index (κ3) is 3.27. The first-order valence-corrected chi connectivity index (χ1v) is 11.3. The van der Waals surface area contributed by atoms with E-state index < -0.39 is 0 Å². The molecule has 5 rings (SSSR count). The maximum atomic E-state index is 6.63. The van der Waals surface area contributed by atoms with Gasteiger partial charge in [-0.1, -0.05) is 80.1 Å². The summed E-state index contributed by atoms with van der Waals surface area (Å²) in [5, 5.41) is 6.43. The standard InChI is InChI=1S/C26H29Cl/c27-25-12-6-11-22-23-16-15-19-9-4-5-10-21(19)26(23)20(17-24(22)25)14-13-18-7-2-1-3-8-18/h6,9,11-12,15-18,20H,1-5,7-8,10,13-14H2. The fourth-order valence-corrected chi connectivity index (χ4v) is 5.93. The zero-order chi connectivity index (χ0) is 18.2. The molecule has 27 heavy (non-hydrogen) atoms. The summed E-state index contributed by atoms with van der Waals surface area (Å²) in [6.07, 6.45) is 18.6. The zero-order valence-corrected chi connectivity index (χ0v) is 16.9. The fraction of sp³-hybridized carbons (Fsp3) is 0.462. The third-order valence-electron chi connectivity index (χ3n) is 7.08. The van der Waals surface area contributed by atoms with Crippen LogP contribution in [0, 0.1) is 16.4 Å². The molecule has 0 aromatic heterocycles. The van der Waals surface area contributed by atoms with Crippen molar-refractivity contribution in [3.8, 4) is 0 Å². The summed E-state index contributed by atoms with van der Waals surface area (Å²) in [6, 6.07) is 11.1. The highest BCUT2D eigenvalue weighted by Gasteiger charge is 2.22. The number of benzene rings is 2. The molecule has 0 bridgehead atoms. The maximum Gasteiger partial charge on any atom is 0.0481 e. The molecule has 1 fully saturated rings. The van der Waals surface area contributed by atoms with Crippen LogP contribution in [-0.2, 0) is 6.42 Å². The van der Waals surface area contributed by atoms with Crippen molar-refractivity contribution in [2.24, 2.45) is 5.92 Å². The Balaban J connectivity index is 1.65. The van der Waals surface area contributed by atoms with E-state index in [4.69, 9.17) is 11.6 Å². The number of rotatable bonds is 3. The van der Waals surface area contributed by atoms with E-state index in [2.05, 4.69) is 36.4 Å². The van der Waals surface area contributed by atoms with Crippen molar-refractivity contribution in [1.29, 1.82) is 0 Å². The van der Waals surface area contributed by atoms with Crippen LogP contribution in [0.2, 0.25) is 5.02 Å². The molecule has 2 aromatic rings. The number of hydrogen-bond donors (Lipinski definition) is 0. The second-order valence-electron chi connectivity index (χ2n) is 8.75. The largest absolute Gasteiger partial charge is 0.0837 e. The minimum absolute atomic E-state index is 0.524. The molecule has 0 aliphatic heterocycles. The molecule has 140 valence electrons. The number of halogens is 1. The van der Waals surface area contributed by atoms with Crippen molar-refractivity contribution in [2.45, 2.75) is 70.1 Å². The van der Waals surface area contributed by atoms with Gasteiger partial charge in [-0.2, -0.15) is 0 Å². The molecule has 0 heterocycles. The Hall–Kier alpha value is -1.53. The average molecular weight is 377 g/mol. The summed E-state index contributed by atoms with van der Waals surface area (Å²) in [5.74, 6) is 1.46. The molecule has 3 aliphatic carbocycles. The molecule has 0 radical (unpaired) electrons. The Morgan fingerprint density at radius 3 is 2.67 bits per heavy atom. The lowest BCUT2D eigenvalue weighted by Gasteiger charge is -2.27. The Kier molecular flexibility index (Phi) is 4.86. The summed E-state index contributed by atoms with van der Waals surface area (Å²) in [4.78, 5) is 0. The highest BCUT2D eigenvalue weighted by Crippen LogP contribution is 2.35. The van der Waals surface area contributed by atoms with E-state index in [9.17, 15) is 0 Å². The van der Waals surface area contributed by atoms with Gasteiger partial charge in [0.1, 0.15) is 0 Å². The van der Waals surface area contributed by atoms with Crippen LogP contribution >= 0.6 is 11.6 Å². The van der Waals surface area contributed by atoms with Gasteiger partial charge in [0, 0.05) is 10.9 Å². The third-order valence-corrected chi connectivity index (χ3v) is 7.41. The van der Waals surface area contributed by atoms with Crippen LogP contribution in [0.1, 0.15) is 74.8 Å². The molecule has 3 aliphatic rings. The molecule has 1 unspecified atom stereocenters. The first-order valence-electron chi connectivity index (χ1n) is 10.9. The predicted molar refractivity (Wildman–Crippen MR) is 115 cm³/mol. The van der Waals surface area contributed by atoms with Gasteiger partial charge in [0.15, 0.2) is 0 Å². The summed E-state index contributed by atoms with van der Waals surface area (Å²) < 4.78 is 0. The highest BCUT2D eigenvalue weighted by molar-refractivity contribution is 6.30. The zero-order valence-electron chi connectivity index (χ0n) is 16.1. The van der Waals surface area contributed by atoms with E-state index in [-0.39, 0.29) is 0 Å². The molecular formula is C26H29Cl. The SMILES string of the molecule is Clc1cccc2c1=CC(CCC1CCCCC1)c1c3c(ccc1=2)=CCCC3. The Morgan fingerprint density at radius 2 is 1.78 bits per heavy atom. The van der Waals surface area contributed by atoms with Crippen molar-refractivity contribution in [3.05, 3.63) is 67.4 Å². The fourth-order valence-electron chi connectivity index (χ4n) is 5.69. The normalized spacial score (nSPS) is 21.4. The second-order valence-corrected chi connectivity index (χ2v) is 9.15. The molecule has 0 amide bonds. The van der Waals surface area contributed by atoms with E-state index >= 15 is 0 Å². The predicted octanol–water partition coefficient (Wildman–Crippen LogP) is 5.98. The Labute approximate surface area is 167 Å². The van der Waals surface area contributed by atoms with Gasteiger partial charge in [0.2, 0.25) is 0 Å². The van der Waals surface area contributed by atoms with Gasteiger partial charge in [0.05, 0.1) is 0 Å². The molecule has 0 spiro atoms. The van der Waals surface area contributed by atoms with Crippen molar-refractivity contribution in [3.63, 3.8) is 0 Å². The quantitative estimate of drug-likeness (QED) is 0.617. The molecule has 0 saturated heterocycles. The van der Waals surface area contributed by atoms with Crippen molar-refractivity contribution >= 4 is 23.8 Å². The molecular weight excluding hydrogens is 348 g/mol. The lowest BCUT2D eigenvalue weighted by Crippen LogP contribution is -2.23. The van der Waals surface area contributed by atoms with Crippen LogP contribution in [0.15, 0.2) is 30.3 Å². The monoisotopic (exact) mass is 376 g/mol. The average Bonchev–Trinajstić information content (AvgIpc) is 2.73. The minimum Gasteiger partial charge on any atom is -0.0837 e. The minimum atomic E-state index is 0.524. The lowest BCUT2D eigenvalue weighted by atomic mass is 9.78. The summed E-state index contributed by atoms with van der Waals surface area (Å²) in [5.41, 5.74) is 3.24. The van der Waals surface area contributed by atoms with E-state index in [1.807, 2.05) is 6.07 Å². The van der Waals surface area contributed by atoms with Gasteiger partial charge in [-0.3, -0.25) is 0 Å². The van der Waals surface area contributed by atoms with Gasteiger partial charge in [-0.25, -0.2) is 0 Å². The molecule has 1 atom stereocenters. The van der Waals surface area contributed by atoms with Crippen molar-refractivity contribution in [1.82, 2.24) is 0 Å². The van der Waals surface area contributed by atoms with E-state index in [0.717, 1.165) is 10.9 Å². The Morgan fingerprint density at radius 1 is 0.889 bits per heavy atom. The molecule has 1 saturated carbocycles. The van der Waals surface area contributed by atoms with Crippen molar-refractivity contribution in [2.75, 3.05) is 0 Å². The topological polar surface area (TPSA) is 0 Å². The Bertz CT molecular complexity index is 1060. The van der Waals surface area contributed by atoms with Gasteiger partial charge in [-0.05, 0) is 76.1 Å². The molecule has 0 N–H and O–H groups in total. The first kappa shape index (κ1) is 17.6. The molecule has 2 aromatic carbocycles. The number of fused-ring (bicyclic) bond motifs is 4. The van der Waals surface area contributed by atoms with Gasteiger partial charge >= 0.3 is 0 Å². The van der Waals surface area contributed by atoms with Crippen LogP contribution in [0.5, 0.6) is 0 Å². The highest BCUT2D eigenvalue weighted by atomic mass is 35.5. The van der Waals surface area contributed by atoms with E-state index in [1.54, 1.807) is 11.1 Å². The van der Waals surface area contributed by atoms with E-state index in [0.29, 0.717) is 5.92 Å². The lowest BCUT2D eigenvalue weighted by molar-refractivity contribution is 0.329. The second kappa shape index (κ2) is 7.47. The van der Waals surface area contributed by atoms with Crippen LogP contribution in [0.3, 0.4) is 0 Å². The van der Waals surface area contributed by atoms with Crippen molar-refractivity contribution < 1.29 is 0 Å². The molecule has 0 nitrogen and oxygen atoms in total. The van der Waals surface area contributed by atoms with Gasteiger partial charge < -0.3 is 0 Å². The van der Waals surface area contributed by atoms with Crippen LogP contribution in [0.4, 0.5) is 0 Å². The summed E-state index contributed by atoms with van der Waals surface area (Å²) in [6.45, 7) is 0. The first-order chi connectivity index (χ1) is 13.3. The van der Waals surface area contributed by atoms with Crippen LogP contribution < -0.4 is 10.4 Å². The summed E-state index contributed by atoms with van der Waals surface area (Å²) >= 11 is 6.63. The van der Waals surface area contributed by atoms with Crippen LogP contribution in [-0.4, -0.2) is 0 Å².